The Morgan fingerprint density at radius 3 is 2.06 bits per heavy atom. The molecule has 0 aliphatic rings. The van der Waals surface area contributed by atoms with Gasteiger partial charge in [0.15, 0.2) is 5.75 Å². The SMILES string of the molecule is NC=NC=NCCCCCOc1c2[nH]c3ccc(F)cc3c2cc2c1[nH]c1ccc(F)cc12. The maximum Gasteiger partial charge on any atom is 0.167 e. The van der Waals surface area contributed by atoms with E-state index in [9.17, 15) is 8.78 Å². The molecule has 0 amide bonds. The fourth-order valence-electron chi connectivity index (χ4n) is 4.24. The number of aromatic nitrogens is 2. The molecule has 6 nitrogen and oxygen atoms in total. The van der Waals surface area contributed by atoms with Crippen molar-refractivity contribution in [3.05, 3.63) is 54.1 Å². The van der Waals surface area contributed by atoms with Gasteiger partial charge >= 0.3 is 0 Å². The molecule has 0 aliphatic carbocycles. The van der Waals surface area contributed by atoms with Crippen LogP contribution in [-0.4, -0.2) is 35.8 Å². The van der Waals surface area contributed by atoms with E-state index in [4.69, 9.17) is 10.5 Å². The average molecular weight is 447 g/mol. The number of rotatable bonds is 8. The fraction of sp³-hybridized carbons (Fsp3) is 0.200. The summed E-state index contributed by atoms with van der Waals surface area (Å²) in [5.41, 5.74) is 8.38. The summed E-state index contributed by atoms with van der Waals surface area (Å²) >= 11 is 0. The van der Waals surface area contributed by atoms with Crippen LogP contribution in [-0.2, 0) is 0 Å². The van der Waals surface area contributed by atoms with Crippen LogP contribution in [0.4, 0.5) is 8.78 Å². The number of nitrogens with one attached hydrogen (secondary N) is 2. The highest BCUT2D eigenvalue weighted by molar-refractivity contribution is 6.20. The average Bonchev–Trinajstić information content (AvgIpc) is 3.35. The summed E-state index contributed by atoms with van der Waals surface area (Å²) in [6, 6.07) is 11.3. The highest BCUT2D eigenvalue weighted by atomic mass is 19.1. The van der Waals surface area contributed by atoms with Crippen molar-refractivity contribution in [3.63, 3.8) is 0 Å². The Kier molecular flexibility index (Phi) is 5.64. The quantitative estimate of drug-likeness (QED) is 0.159. The van der Waals surface area contributed by atoms with Crippen LogP contribution in [0.25, 0.3) is 43.6 Å². The van der Waals surface area contributed by atoms with Gasteiger partial charge in [0.25, 0.3) is 0 Å². The van der Waals surface area contributed by atoms with Crippen LogP contribution in [0.3, 0.4) is 0 Å². The van der Waals surface area contributed by atoms with Gasteiger partial charge in [-0.3, -0.25) is 4.99 Å². The lowest BCUT2D eigenvalue weighted by Crippen LogP contribution is -1.99. The lowest BCUT2D eigenvalue weighted by molar-refractivity contribution is 0.311. The zero-order valence-corrected chi connectivity index (χ0v) is 17.9. The molecule has 0 saturated heterocycles. The molecule has 0 unspecified atom stereocenters. The molecule has 5 rings (SSSR count). The Bertz CT molecular complexity index is 1420. The van der Waals surface area contributed by atoms with Crippen LogP contribution in [0.2, 0.25) is 0 Å². The predicted octanol–water partition coefficient (Wildman–Crippen LogP) is 5.80. The Morgan fingerprint density at radius 1 is 0.818 bits per heavy atom. The van der Waals surface area contributed by atoms with Crippen LogP contribution in [0.1, 0.15) is 19.3 Å². The number of hydrogen-bond donors (Lipinski definition) is 3. The Labute approximate surface area is 188 Å². The largest absolute Gasteiger partial charge is 0.489 e. The van der Waals surface area contributed by atoms with Crippen LogP contribution < -0.4 is 10.5 Å². The van der Waals surface area contributed by atoms with E-state index < -0.39 is 0 Å². The summed E-state index contributed by atoms with van der Waals surface area (Å²) in [5.74, 6) is 0.0394. The van der Waals surface area contributed by atoms with E-state index in [2.05, 4.69) is 20.0 Å². The summed E-state index contributed by atoms with van der Waals surface area (Å²) in [7, 11) is 0. The number of benzene rings is 3. The minimum Gasteiger partial charge on any atom is -0.489 e. The summed E-state index contributed by atoms with van der Waals surface area (Å²) in [6.07, 6.45) is 5.35. The summed E-state index contributed by atoms with van der Waals surface area (Å²) < 4.78 is 34.3. The van der Waals surface area contributed by atoms with E-state index in [-0.39, 0.29) is 11.6 Å². The minimum atomic E-state index is -0.309. The van der Waals surface area contributed by atoms with Crippen molar-refractivity contribution in [3.8, 4) is 5.75 Å². The Balaban J connectivity index is 1.50. The van der Waals surface area contributed by atoms with E-state index >= 15 is 0 Å². The number of ether oxygens (including phenoxy) is 1. The monoisotopic (exact) mass is 447 g/mol. The number of nitrogens with two attached hydrogens (primary N) is 1. The molecular formula is C25H23F2N5O. The fourth-order valence-corrected chi connectivity index (χ4v) is 4.24. The van der Waals surface area contributed by atoms with Crippen molar-refractivity contribution in [2.45, 2.75) is 19.3 Å². The second kappa shape index (κ2) is 8.90. The third-order valence-corrected chi connectivity index (χ3v) is 5.76. The first-order chi connectivity index (χ1) is 16.2. The number of aromatic amines is 2. The third-order valence-electron chi connectivity index (χ3n) is 5.76. The van der Waals surface area contributed by atoms with Gasteiger partial charge < -0.3 is 20.4 Å². The molecule has 2 aromatic heterocycles. The van der Waals surface area contributed by atoms with Crippen molar-refractivity contribution in [1.82, 2.24) is 9.97 Å². The topological polar surface area (TPSA) is 91.5 Å². The number of hydrogen-bond acceptors (Lipinski definition) is 2. The second-order valence-corrected chi connectivity index (χ2v) is 7.91. The second-order valence-electron chi connectivity index (χ2n) is 7.91. The maximum atomic E-state index is 14.0. The molecule has 0 spiro atoms. The number of aliphatic imine (C=N–C) groups is 2. The van der Waals surface area contributed by atoms with E-state index in [0.29, 0.717) is 18.9 Å². The standard InChI is InChI=1S/C25H23F2N5O/c26-15-4-6-21-17(10-15)19-12-20-18-11-16(27)5-7-22(18)32-24(20)25(23(19)31-21)33-9-3-1-2-8-29-14-30-13-28/h4-7,10-14,31-32H,1-3,8-9H2,(H2,28,29,30). The number of fused-ring (bicyclic) bond motifs is 6. The molecule has 0 atom stereocenters. The molecule has 0 saturated carbocycles. The number of unbranched alkanes of at least 4 members (excludes halogenated alkanes) is 2. The summed E-state index contributed by atoms with van der Waals surface area (Å²) in [6.45, 7) is 1.19. The van der Waals surface area contributed by atoms with E-state index in [1.165, 1.54) is 36.9 Å². The van der Waals surface area contributed by atoms with E-state index in [0.717, 1.165) is 62.9 Å². The van der Waals surface area contributed by atoms with Crippen molar-refractivity contribution in [2.75, 3.05) is 13.2 Å². The summed E-state index contributed by atoms with van der Waals surface area (Å²) in [4.78, 5) is 14.6. The van der Waals surface area contributed by atoms with E-state index in [1.807, 2.05) is 6.07 Å². The first-order valence-electron chi connectivity index (χ1n) is 10.8. The van der Waals surface area contributed by atoms with Gasteiger partial charge in [0, 0.05) is 39.1 Å². The van der Waals surface area contributed by atoms with Gasteiger partial charge in [-0.25, -0.2) is 13.8 Å². The first-order valence-corrected chi connectivity index (χ1v) is 10.8. The van der Waals surface area contributed by atoms with Crippen molar-refractivity contribution >= 4 is 56.3 Å². The highest BCUT2D eigenvalue weighted by Gasteiger charge is 2.18. The minimum absolute atomic E-state index is 0.309. The summed E-state index contributed by atoms with van der Waals surface area (Å²) in [5, 5.41) is 3.21. The maximum absolute atomic E-state index is 14.0. The van der Waals surface area contributed by atoms with Crippen LogP contribution in [0.15, 0.2) is 52.4 Å². The van der Waals surface area contributed by atoms with Crippen LogP contribution >= 0.6 is 0 Å². The molecule has 0 bridgehead atoms. The lowest BCUT2D eigenvalue weighted by Gasteiger charge is -2.09. The molecular weight excluding hydrogens is 424 g/mol. The van der Waals surface area contributed by atoms with Crippen molar-refractivity contribution in [2.24, 2.45) is 15.7 Å². The van der Waals surface area contributed by atoms with Crippen LogP contribution in [0.5, 0.6) is 5.75 Å². The molecule has 168 valence electrons. The zero-order valence-electron chi connectivity index (χ0n) is 17.9. The molecule has 4 N–H and O–H groups in total. The smallest absolute Gasteiger partial charge is 0.167 e. The number of nitrogens with zero attached hydrogens (tertiary/aromatic N) is 2. The van der Waals surface area contributed by atoms with Crippen molar-refractivity contribution in [1.29, 1.82) is 0 Å². The normalized spacial score (nSPS) is 12.4. The Hall–Kier alpha value is -3.94. The molecule has 3 aromatic carbocycles. The molecule has 8 heteroatoms. The molecule has 0 aliphatic heterocycles. The molecule has 0 fully saturated rings. The van der Waals surface area contributed by atoms with Crippen molar-refractivity contribution < 1.29 is 13.5 Å². The van der Waals surface area contributed by atoms with Crippen LogP contribution in [0, 0.1) is 11.6 Å². The first kappa shape index (κ1) is 20.9. The van der Waals surface area contributed by atoms with Gasteiger partial charge in [0.2, 0.25) is 0 Å². The van der Waals surface area contributed by atoms with Gasteiger partial charge in [-0.1, -0.05) is 0 Å². The molecule has 5 aromatic rings. The van der Waals surface area contributed by atoms with Gasteiger partial charge in [0.05, 0.1) is 24.0 Å². The third kappa shape index (κ3) is 4.00. The van der Waals surface area contributed by atoms with Gasteiger partial charge in [-0.15, -0.1) is 0 Å². The zero-order chi connectivity index (χ0) is 22.8. The molecule has 33 heavy (non-hydrogen) atoms. The lowest BCUT2D eigenvalue weighted by atomic mass is 10.1. The molecule has 0 radical (unpaired) electrons. The molecule has 2 heterocycles. The number of H-pyrrole nitrogens is 2. The van der Waals surface area contributed by atoms with Gasteiger partial charge in [0.1, 0.15) is 18.0 Å². The number of halogens is 2. The predicted molar refractivity (Wildman–Crippen MR) is 130 cm³/mol. The van der Waals surface area contributed by atoms with E-state index in [1.54, 1.807) is 12.1 Å². The van der Waals surface area contributed by atoms with Gasteiger partial charge in [-0.2, -0.15) is 0 Å². The Morgan fingerprint density at radius 2 is 1.45 bits per heavy atom. The highest BCUT2D eigenvalue weighted by Crippen LogP contribution is 2.41. The van der Waals surface area contributed by atoms with Gasteiger partial charge in [-0.05, 0) is 61.7 Å².